The number of oxime groups is 1. The summed E-state index contributed by atoms with van der Waals surface area (Å²) < 4.78 is 6.57. The van der Waals surface area contributed by atoms with Crippen molar-refractivity contribution in [1.29, 1.82) is 0 Å². The van der Waals surface area contributed by atoms with Gasteiger partial charge in [0.25, 0.3) is 0 Å². The Kier molecular flexibility index (Phi) is 6.76. The number of hydrogen-bond donors (Lipinski definition) is 1. The van der Waals surface area contributed by atoms with Crippen LogP contribution < -0.4 is 0 Å². The number of nitrogens with zero attached hydrogens (tertiary/aromatic N) is 4. The van der Waals surface area contributed by atoms with Crippen LogP contribution in [-0.2, 0) is 9.57 Å². The number of fused-ring (bicyclic) bond motifs is 3. The summed E-state index contributed by atoms with van der Waals surface area (Å²) in [5.41, 5.74) is 0.532. The number of ether oxygens (including phenoxy) is 1. The van der Waals surface area contributed by atoms with Crippen molar-refractivity contribution in [2.45, 2.75) is 76.2 Å². The maximum absolute atomic E-state index is 10.5. The van der Waals surface area contributed by atoms with Crippen LogP contribution in [0.5, 0.6) is 0 Å². The largest absolute Gasteiger partial charge is 0.393 e. The zero-order chi connectivity index (χ0) is 21.4. The van der Waals surface area contributed by atoms with Crippen molar-refractivity contribution in [3.63, 3.8) is 0 Å². The van der Waals surface area contributed by atoms with E-state index in [9.17, 15) is 5.11 Å². The molecule has 7 nitrogen and oxygen atoms in total. The maximum atomic E-state index is 10.5. The first-order valence-corrected chi connectivity index (χ1v) is 12.0. The van der Waals surface area contributed by atoms with Crippen LogP contribution in [0, 0.1) is 5.92 Å². The molecule has 4 saturated heterocycles. The summed E-state index contributed by atoms with van der Waals surface area (Å²) in [6, 6.07) is 0.294. The third-order valence-corrected chi connectivity index (χ3v) is 7.80. The highest BCUT2D eigenvalue weighted by molar-refractivity contribution is 5.98. The minimum atomic E-state index is -0.517. The Bertz CT molecular complexity index is 614. The molecule has 0 amide bonds. The van der Waals surface area contributed by atoms with Gasteiger partial charge in [-0.2, -0.15) is 0 Å². The molecule has 0 aromatic heterocycles. The second-order valence-corrected chi connectivity index (χ2v) is 10.7. The van der Waals surface area contributed by atoms with Gasteiger partial charge in [0.1, 0.15) is 24.0 Å². The molecule has 1 unspecified atom stereocenters. The molecule has 0 spiro atoms. The Morgan fingerprint density at radius 3 is 2.47 bits per heavy atom. The standard InChI is InChI=1S/C23H42N4O3/c1-22(2)19-8-9-23(3,30-22)21(20(19)27-10-6-5-7-11-27)24-29-17-18(28)16-26-14-12-25(4)13-15-26/h18-20,28H,5-17H2,1-4H3/b24-21-/t18?,19-,20+,23+/m1/s1. The summed E-state index contributed by atoms with van der Waals surface area (Å²) in [4.78, 5) is 13.1. The first-order valence-electron chi connectivity index (χ1n) is 12.0. The normalized spacial score (nSPS) is 38.1. The third kappa shape index (κ3) is 4.70. The van der Waals surface area contributed by atoms with E-state index in [1.54, 1.807) is 0 Å². The van der Waals surface area contributed by atoms with E-state index in [0.29, 0.717) is 18.5 Å². The van der Waals surface area contributed by atoms with E-state index < -0.39 is 6.10 Å². The topological polar surface area (TPSA) is 60.8 Å². The molecule has 0 aromatic carbocycles. The number of aliphatic hydroxyl groups is 1. The van der Waals surface area contributed by atoms with Crippen LogP contribution in [0.3, 0.4) is 0 Å². The molecule has 4 heterocycles. The Morgan fingerprint density at radius 2 is 1.80 bits per heavy atom. The van der Waals surface area contributed by atoms with Crippen molar-refractivity contribution < 1.29 is 14.7 Å². The van der Waals surface area contributed by atoms with Crippen LogP contribution in [0.2, 0.25) is 0 Å². The lowest BCUT2D eigenvalue weighted by atomic mass is 9.64. The lowest BCUT2D eigenvalue weighted by molar-refractivity contribution is -0.197. The van der Waals surface area contributed by atoms with Crippen molar-refractivity contribution in [3.8, 4) is 0 Å². The summed E-state index contributed by atoms with van der Waals surface area (Å²) >= 11 is 0. The van der Waals surface area contributed by atoms with Gasteiger partial charge in [-0.1, -0.05) is 11.6 Å². The van der Waals surface area contributed by atoms with Gasteiger partial charge in [0.05, 0.1) is 11.6 Å². The van der Waals surface area contributed by atoms with Gasteiger partial charge in [0.2, 0.25) is 0 Å². The van der Waals surface area contributed by atoms with Gasteiger partial charge >= 0.3 is 0 Å². The van der Waals surface area contributed by atoms with E-state index in [1.807, 2.05) is 0 Å². The van der Waals surface area contributed by atoms with Crippen LogP contribution in [0.25, 0.3) is 0 Å². The lowest BCUT2D eigenvalue weighted by Crippen LogP contribution is -2.70. The Labute approximate surface area is 182 Å². The fourth-order valence-electron chi connectivity index (χ4n) is 6.06. The molecule has 30 heavy (non-hydrogen) atoms. The second kappa shape index (κ2) is 9.02. The molecule has 1 saturated carbocycles. The summed E-state index contributed by atoms with van der Waals surface area (Å²) in [5.74, 6) is 0.440. The van der Waals surface area contributed by atoms with Gasteiger partial charge in [0, 0.05) is 38.6 Å². The Balaban J connectivity index is 1.41. The Hall–Kier alpha value is -0.730. The predicted octanol–water partition coefficient (Wildman–Crippen LogP) is 1.80. The molecule has 4 aliphatic heterocycles. The van der Waals surface area contributed by atoms with Crippen molar-refractivity contribution in [1.82, 2.24) is 14.7 Å². The summed E-state index contributed by atoms with van der Waals surface area (Å²) in [6.07, 6.45) is 5.51. The molecule has 172 valence electrons. The lowest BCUT2D eigenvalue weighted by Gasteiger charge is -2.60. The van der Waals surface area contributed by atoms with Crippen LogP contribution >= 0.6 is 0 Å². The van der Waals surface area contributed by atoms with E-state index >= 15 is 0 Å². The smallest absolute Gasteiger partial charge is 0.144 e. The molecule has 5 fully saturated rings. The van der Waals surface area contributed by atoms with Crippen molar-refractivity contribution >= 4 is 5.71 Å². The molecule has 5 aliphatic rings. The van der Waals surface area contributed by atoms with Crippen LogP contribution in [0.4, 0.5) is 0 Å². The molecule has 7 heteroatoms. The van der Waals surface area contributed by atoms with Gasteiger partial charge < -0.3 is 19.6 Å². The minimum absolute atomic E-state index is 0.144. The number of rotatable bonds is 6. The molecular weight excluding hydrogens is 380 g/mol. The van der Waals surface area contributed by atoms with E-state index in [1.165, 1.54) is 25.7 Å². The molecule has 1 N–H and O–H groups in total. The first kappa shape index (κ1) is 22.5. The molecule has 4 atom stereocenters. The molecule has 2 bridgehead atoms. The number of piperazine rings is 1. The molecule has 1 aliphatic carbocycles. The van der Waals surface area contributed by atoms with E-state index in [0.717, 1.165) is 51.4 Å². The average Bonchev–Trinajstić information content (AvgIpc) is 2.70. The SMILES string of the molecule is CN1CCN(CC(O)CO/N=C2/[C@@H](N3CCCCC3)[C@H]3CC[C@]2(C)OC3(C)C)CC1. The molecular formula is C23H42N4O3. The van der Waals surface area contributed by atoms with E-state index in [-0.39, 0.29) is 17.8 Å². The van der Waals surface area contributed by atoms with Gasteiger partial charge in [-0.05, 0) is 66.6 Å². The maximum Gasteiger partial charge on any atom is 0.144 e. The fourth-order valence-corrected chi connectivity index (χ4v) is 6.06. The highest BCUT2D eigenvalue weighted by atomic mass is 16.6. The molecule has 0 aromatic rings. The van der Waals surface area contributed by atoms with Crippen LogP contribution in [0.15, 0.2) is 5.16 Å². The molecule has 5 rings (SSSR count). The fraction of sp³-hybridized carbons (Fsp3) is 0.957. The second-order valence-electron chi connectivity index (χ2n) is 10.7. The monoisotopic (exact) mass is 422 g/mol. The minimum Gasteiger partial charge on any atom is -0.393 e. The number of hydrogen-bond acceptors (Lipinski definition) is 7. The number of aliphatic hydroxyl groups excluding tert-OH is 1. The van der Waals surface area contributed by atoms with E-state index in [4.69, 9.17) is 9.57 Å². The average molecular weight is 423 g/mol. The summed E-state index contributed by atoms with van der Waals surface area (Å²) in [7, 11) is 2.15. The van der Waals surface area contributed by atoms with Gasteiger partial charge in [-0.15, -0.1) is 0 Å². The van der Waals surface area contributed by atoms with Crippen molar-refractivity contribution in [2.24, 2.45) is 11.1 Å². The zero-order valence-electron chi connectivity index (χ0n) is 19.5. The van der Waals surface area contributed by atoms with Crippen molar-refractivity contribution in [2.75, 3.05) is 59.5 Å². The third-order valence-electron chi connectivity index (χ3n) is 7.80. The number of likely N-dealkylation sites (tertiary alicyclic amines) is 1. The first-order chi connectivity index (χ1) is 14.3. The quantitative estimate of drug-likeness (QED) is 0.659. The number of piperidine rings is 1. The van der Waals surface area contributed by atoms with E-state index in [2.05, 4.69) is 47.7 Å². The van der Waals surface area contributed by atoms with Gasteiger partial charge in [-0.25, -0.2) is 0 Å². The highest BCUT2D eigenvalue weighted by Crippen LogP contribution is 2.50. The number of likely N-dealkylation sites (N-methyl/N-ethyl adjacent to an activating group) is 1. The van der Waals surface area contributed by atoms with Crippen LogP contribution in [0.1, 0.15) is 52.9 Å². The summed E-state index contributed by atoms with van der Waals surface area (Å²) in [5, 5.41) is 15.2. The highest BCUT2D eigenvalue weighted by Gasteiger charge is 2.59. The van der Waals surface area contributed by atoms with Gasteiger partial charge in [0.15, 0.2) is 0 Å². The number of β-amino-alcohol motifs (C(OH)–C–C–N with tert-alkyl or cyclic N) is 1. The van der Waals surface area contributed by atoms with Crippen molar-refractivity contribution in [3.05, 3.63) is 0 Å². The Morgan fingerprint density at radius 1 is 1.10 bits per heavy atom. The van der Waals surface area contributed by atoms with Crippen LogP contribution in [-0.4, -0.2) is 108 Å². The zero-order valence-corrected chi connectivity index (χ0v) is 19.5. The predicted molar refractivity (Wildman–Crippen MR) is 119 cm³/mol. The molecule has 0 radical (unpaired) electrons. The van der Waals surface area contributed by atoms with Gasteiger partial charge in [-0.3, -0.25) is 9.80 Å². The summed E-state index contributed by atoms with van der Waals surface area (Å²) in [6.45, 7) is 13.9.